The number of nitrogens with zero attached hydrogens (tertiary/aromatic N) is 3. The molecular formula is C5H7N3O2S. The molecule has 60 valence electrons. The fraction of sp³-hybridized carbons (Fsp3) is 0.400. The van der Waals surface area contributed by atoms with E-state index in [0.717, 1.165) is 11.3 Å². The van der Waals surface area contributed by atoms with Crippen LogP contribution < -0.4 is 4.90 Å². The lowest BCUT2D eigenvalue weighted by molar-refractivity contribution is -0.384. The summed E-state index contributed by atoms with van der Waals surface area (Å²) in [4.78, 5) is 15.2. The molecule has 0 unspecified atom stereocenters. The average molecular weight is 173 g/mol. The highest BCUT2D eigenvalue weighted by molar-refractivity contribution is 7.13. The van der Waals surface area contributed by atoms with E-state index < -0.39 is 4.92 Å². The van der Waals surface area contributed by atoms with Crippen molar-refractivity contribution in [2.24, 2.45) is 0 Å². The molecule has 0 saturated carbocycles. The van der Waals surface area contributed by atoms with Gasteiger partial charge in [0.05, 0.1) is 5.38 Å². The second-order valence-electron chi connectivity index (χ2n) is 2.14. The molecule has 0 saturated heterocycles. The van der Waals surface area contributed by atoms with Crippen LogP contribution in [-0.2, 0) is 0 Å². The van der Waals surface area contributed by atoms with Crippen LogP contribution >= 0.6 is 11.3 Å². The van der Waals surface area contributed by atoms with Crippen molar-refractivity contribution in [3.63, 3.8) is 0 Å². The standard InChI is InChI=1S/C5H7N3O2S/c1-7(2)4-3-11-5(6-4)8(9)10/h3H,1-2H3. The first-order chi connectivity index (χ1) is 5.11. The van der Waals surface area contributed by atoms with Gasteiger partial charge in [0, 0.05) is 14.1 Å². The first-order valence-electron chi connectivity index (χ1n) is 2.88. The molecule has 11 heavy (non-hydrogen) atoms. The molecule has 0 atom stereocenters. The van der Waals surface area contributed by atoms with E-state index in [2.05, 4.69) is 4.98 Å². The monoisotopic (exact) mass is 173 g/mol. The van der Waals surface area contributed by atoms with E-state index in [9.17, 15) is 10.1 Å². The molecule has 0 spiro atoms. The van der Waals surface area contributed by atoms with Gasteiger partial charge in [0.15, 0.2) is 0 Å². The molecule has 0 aliphatic rings. The minimum atomic E-state index is -0.488. The zero-order chi connectivity index (χ0) is 8.43. The summed E-state index contributed by atoms with van der Waals surface area (Å²) in [6.45, 7) is 0. The van der Waals surface area contributed by atoms with Gasteiger partial charge in [-0.05, 0) is 21.2 Å². The highest BCUT2D eigenvalue weighted by atomic mass is 32.1. The summed E-state index contributed by atoms with van der Waals surface area (Å²) in [6.07, 6.45) is 0. The fourth-order valence-corrected chi connectivity index (χ4v) is 1.25. The average Bonchev–Trinajstić information content (AvgIpc) is 2.33. The molecule has 1 aromatic rings. The van der Waals surface area contributed by atoms with E-state index in [4.69, 9.17) is 0 Å². The van der Waals surface area contributed by atoms with Crippen molar-refractivity contribution in [2.75, 3.05) is 19.0 Å². The molecule has 0 aliphatic carbocycles. The molecule has 1 rings (SSSR count). The number of hydrogen-bond acceptors (Lipinski definition) is 5. The Morgan fingerprint density at radius 2 is 2.36 bits per heavy atom. The molecule has 6 heteroatoms. The summed E-state index contributed by atoms with van der Waals surface area (Å²) in [7, 11) is 3.58. The number of nitro groups is 1. The topological polar surface area (TPSA) is 59.3 Å². The maximum atomic E-state index is 10.2. The largest absolute Gasteiger partial charge is 0.425 e. The van der Waals surface area contributed by atoms with E-state index in [1.807, 2.05) is 0 Å². The maximum Gasteiger partial charge on any atom is 0.425 e. The van der Waals surface area contributed by atoms with Crippen LogP contribution in [-0.4, -0.2) is 24.0 Å². The molecule has 5 nitrogen and oxygen atoms in total. The van der Waals surface area contributed by atoms with Gasteiger partial charge in [-0.15, -0.1) is 0 Å². The second-order valence-corrected chi connectivity index (χ2v) is 2.98. The number of rotatable bonds is 2. The molecule has 0 bridgehead atoms. The Morgan fingerprint density at radius 1 is 1.73 bits per heavy atom. The van der Waals surface area contributed by atoms with Gasteiger partial charge < -0.3 is 15.0 Å². The third-order valence-corrected chi connectivity index (χ3v) is 1.87. The molecule has 0 amide bonds. The van der Waals surface area contributed by atoms with Crippen molar-refractivity contribution in [3.8, 4) is 0 Å². The van der Waals surface area contributed by atoms with E-state index in [1.165, 1.54) is 0 Å². The lowest BCUT2D eigenvalue weighted by Crippen LogP contribution is -2.08. The van der Waals surface area contributed by atoms with Crippen molar-refractivity contribution >= 4 is 22.3 Å². The van der Waals surface area contributed by atoms with Gasteiger partial charge in [0.1, 0.15) is 0 Å². The van der Waals surface area contributed by atoms with Crippen molar-refractivity contribution in [1.29, 1.82) is 0 Å². The third-order valence-electron chi connectivity index (χ3n) is 1.09. The predicted octanol–water partition coefficient (Wildman–Crippen LogP) is 1.12. The van der Waals surface area contributed by atoms with Crippen LogP contribution in [0.4, 0.5) is 10.9 Å². The summed E-state index contributed by atoms with van der Waals surface area (Å²) in [6, 6.07) is 0. The molecule has 0 aliphatic heterocycles. The third kappa shape index (κ3) is 1.64. The first kappa shape index (κ1) is 7.93. The normalized spacial score (nSPS) is 9.64. The Bertz CT molecular complexity index is 270. The maximum absolute atomic E-state index is 10.2. The van der Waals surface area contributed by atoms with Crippen LogP contribution in [0.5, 0.6) is 0 Å². The Balaban J connectivity index is 2.90. The summed E-state index contributed by atoms with van der Waals surface area (Å²) in [5.74, 6) is 0.627. The fourth-order valence-electron chi connectivity index (χ4n) is 0.545. The zero-order valence-electron chi connectivity index (χ0n) is 6.14. The summed E-state index contributed by atoms with van der Waals surface area (Å²) in [5, 5.41) is 11.8. The summed E-state index contributed by atoms with van der Waals surface area (Å²) in [5.41, 5.74) is 0. The summed E-state index contributed by atoms with van der Waals surface area (Å²) >= 11 is 1.03. The molecule has 1 aromatic heterocycles. The number of anilines is 1. The smallest absolute Gasteiger partial charge is 0.357 e. The Kier molecular flexibility index (Phi) is 2.04. The SMILES string of the molecule is CN(C)c1csc([N+](=O)[O-])n1. The Labute approximate surface area is 67.4 Å². The van der Waals surface area contributed by atoms with Gasteiger partial charge in [-0.2, -0.15) is 0 Å². The van der Waals surface area contributed by atoms with Gasteiger partial charge in [-0.3, -0.25) is 0 Å². The molecule has 1 heterocycles. The summed E-state index contributed by atoms with van der Waals surface area (Å²) < 4.78 is 0. The molecule has 0 fully saturated rings. The highest BCUT2D eigenvalue weighted by Gasteiger charge is 2.14. The van der Waals surface area contributed by atoms with Gasteiger partial charge in [-0.25, -0.2) is 0 Å². The van der Waals surface area contributed by atoms with Crippen LogP contribution in [0.25, 0.3) is 0 Å². The van der Waals surface area contributed by atoms with Crippen LogP contribution in [0.15, 0.2) is 5.38 Å². The van der Waals surface area contributed by atoms with E-state index >= 15 is 0 Å². The number of thiazole rings is 1. The van der Waals surface area contributed by atoms with Gasteiger partial charge in [0.2, 0.25) is 0 Å². The minimum absolute atomic E-state index is 0.0614. The quantitative estimate of drug-likeness (QED) is 0.496. The van der Waals surface area contributed by atoms with Crippen molar-refractivity contribution in [1.82, 2.24) is 4.98 Å². The highest BCUT2D eigenvalue weighted by Crippen LogP contribution is 2.22. The van der Waals surface area contributed by atoms with Crippen molar-refractivity contribution in [3.05, 3.63) is 15.5 Å². The Morgan fingerprint density at radius 3 is 2.64 bits per heavy atom. The van der Waals surface area contributed by atoms with E-state index in [0.29, 0.717) is 5.82 Å². The molecule has 0 N–H and O–H groups in total. The van der Waals surface area contributed by atoms with Crippen LogP contribution in [0.3, 0.4) is 0 Å². The second kappa shape index (κ2) is 2.83. The zero-order valence-corrected chi connectivity index (χ0v) is 6.96. The van der Waals surface area contributed by atoms with Gasteiger partial charge >= 0.3 is 5.13 Å². The van der Waals surface area contributed by atoms with Gasteiger partial charge in [-0.1, -0.05) is 0 Å². The minimum Gasteiger partial charge on any atom is -0.357 e. The van der Waals surface area contributed by atoms with E-state index in [1.54, 1.807) is 24.4 Å². The van der Waals surface area contributed by atoms with Gasteiger partial charge in [0.25, 0.3) is 5.82 Å². The lowest BCUT2D eigenvalue weighted by atomic mass is 10.7. The first-order valence-corrected chi connectivity index (χ1v) is 3.76. The number of hydrogen-bond donors (Lipinski definition) is 0. The molecular weight excluding hydrogens is 166 g/mol. The number of aromatic nitrogens is 1. The molecule has 0 radical (unpaired) electrons. The predicted molar refractivity (Wildman–Crippen MR) is 43.1 cm³/mol. The van der Waals surface area contributed by atoms with Crippen LogP contribution in [0, 0.1) is 10.1 Å². The lowest BCUT2D eigenvalue weighted by Gasteiger charge is -2.00. The van der Waals surface area contributed by atoms with Crippen molar-refractivity contribution in [2.45, 2.75) is 0 Å². The van der Waals surface area contributed by atoms with Crippen LogP contribution in [0.1, 0.15) is 0 Å². The van der Waals surface area contributed by atoms with Crippen molar-refractivity contribution < 1.29 is 4.92 Å². The van der Waals surface area contributed by atoms with Crippen LogP contribution in [0.2, 0.25) is 0 Å². The van der Waals surface area contributed by atoms with E-state index in [-0.39, 0.29) is 5.13 Å². The Hall–Kier alpha value is -1.17. The molecule has 0 aromatic carbocycles.